The number of nitrogens with zero attached hydrogens (tertiary/aromatic N) is 1. The van der Waals surface area contributed by atoms with Gasteiger partial charge in [0, 0.05) is 24.6 Å². The third-order valence-electron chi connectivity index (χ3n) is 4.47. The number of rotatable bonds is 7. The molecule has 1 atom stereocenters. The molecule has 1 aliphatic heterocycles. The SMILES string of the molecule is C=CCc1cc(C(=O)N2CCCC[C@@H]2CCC(=O)O)ccc1OC. The van der Waals surface area contributed by atoms with Crippen molar-refractivity contribution in [2.24, 2.45) is 0 Å². The maximum absolute atomic E-state index is 12.9. The van der Waals surface area contributed by atoms with E-state index in [1.54, 1.807) is 19.3 Å². The Morgan fingerprint density at radius 3 is 2.88 bits per heavy atom. The van der Waals surface area contributed by atoms with Crippen molar-refractivity contribution < 1.29 is 19.4 Å². The van der Waals surface area contributed by atoms with E-state index in [4.69, 9.17) is 9.84 Å². The minimum Gasteiger partial charge on any atom is -0.496 e. The number of amides is 1. The maximum atomic E-state index is 12.9. The van der Waals surface area contributed by atoms with Gasteiger partial charge in [-0.3, -0.25) is 9.59 Å². The van der Waals surface area contributed by atoms with Crippen LogP contribution in [0.2, 0.25) is 0 Å². The molecule has 1 aliphatic rings. The lowest BCUT2D eigenvalue weighted by Gasteiger charge is -2.36. The number of benzene rings is 1. The molecule has 0 spiro atoms. The van der Waals surface area contributed by atoms with E-state index in [1.165, 1.54) is 0 Å². The number of hydrogen-bond acceptors (Lipinski definition) is 3. The number of carbonyl (C=O) groups excluding carboxylic acids is 1. The molecular weight excluding hydrogens is 306 g/mol. The van der Waals surface area contributed by atoms with Gasteiger partial charge in [0.25, 0.3) is 5.91 Å². The van der Waals surface area contributed by atoms with Gasteiger partial charge in [0.05, 0.1) is 7.11 Å². The fourth-order valence-corrected chi connectivity index (χ4v) is 3.25. The average Bonchev–Trinajstić information content (AvgIpc) is 2.59. The van der Waals surface area contributed by atoms with Crippen molar-refractivity contribution >= 4 is 11.9 Å². The average molecular weight is 331 g/mol. The molecule has 2 rings (SSSR count). The molecule has 1 heterocycles. The molecule has 0 bridgehead atoms. The number of aliphatic carboxylic acids is 1. The molecule has 0 aromatic heterocycles. The summed E-state index contributed by atoms with van der Waals surface area (Å²) in [5, 5.41) is 8.91. The maximum Gasteiger partial charge on any atom is 0.303 e. The van der Waals surface area contributed by atoms with Crippen molar-refractivity contribution in [1.82, 2.24) is 4.90 Å². The second kappa shape index (κ2) is 8.52. The lowest BCUT2D eigenvalue weighted by Crippen LogP contribution is -2.44. The van der Waals surface area contributed by atoms with Crippen molar-refractivity contribution in [3.63, 3.8) is 0 Å². The van der Waals surface area contributed by atoms with Gasteiger partial charge in [-0.05, 0) is 55.9 Å². The van der Waals surface area contributed by atoms with Gasteiger partial charge >= 0.3 is 5.97 Å². The number of hydrogen-bond donors (Lipinski definition) is 1. The van der Waals surface area contributed by atoms with E-state index in [-0.39, 0.29) is 18.4 Å². The molecule has 1 N–H and O–H groups in total. The van der Waals surface area contributed by atoms with Gasteiger partial charge in [0.2, 0.25) is 0 Å². The first-order chi connectivity index (χ1) is 11.6. The summed E-state index contributed by atoms with van der Waals surface area (Å²) in [6, 6.07) is 5.44. The van der Waals surface area contributed by atoms with Gasteiger partial charge in [-0.15, -0.1) is 6.58 Å². The summed E-state index contributed by atoms with van der Waals surface area (Å²) in [5.74, 6) is -0.101. The van der Waals surface area contributed by atoms with Gasteiger partial charge in [-0.25, -0.2) is 0 Å². The fourth-order valence-electron chi connectivity index (χ4n) is 3.25. The zero-order valence-electron chi connectivity index (χ0n) is 14.2. The van der Waals surface area contributed by atoms with Gasteiger partial charge in [0.1, 0.15) is 5.75 Å². The van der Waals surface area contributed by atoms with Crippen LogP contribution < -0.4 is 4.74 Å². The van der Waals surface area contributed by atoms with Gasteiger partial charge in [-0.2, -0.15) is 0 Å². The highest BCUT2D eigenvalue weighted by Crippen LogP contribution is 2.26. The van der Waals surface area contributed by atoms with Crippen LogP contribution in [0.1, 0.15) is 48.0 Å². The number of carboxylic acids is 1. The quantitative estimate of drug-likeness (QED) is 0.779. The first-order valence-corrected chi connectivity index (χ1v) is 8.37. The Morgan fingerprint density at radius 2 is 2.21 bits per heavy atom. The monoisotopic (exact) mass is 331 g/mol. The van der Waals surface area contributed by atoms with E-state index in [2.05, 4.69) is 6.58 Å². The summed E-state index contributed by atoms with van der Waals surface area (Å²) in [4.78, 5) is 25.6. The highest BCUT2D eigenvalue weighted by Gasteiger charge is 2.28. The topological polar surface area (TPSA) is 66.8 Å². The van der Waals surface area contributed by atoms with Crippen LogP contribution >= 0.6 is 0 Å². The summed E-state index contributed by atoms with van der Waals surface area (Å²) < 4.78 is 5.33. The number of carboxylic acid groups (broad SMARTS) is 1. The van der Waals surface area contributed by atoms with Crippen LogP contribution in [-0.4, -0.2) is 41.6 Å². The zero-order chi connectivity index (χ0) is 17.5. The standard InChI is InChI=1S/C19H25NO4/c1-3-6-14-13-15(8-10-17(14)24-2)19(23)20-12-5-4-7-16(20)9-11-18(21)22/h3,8,10,13,16H,1,4-7,9,11-12H2,2H3,(H,21,22)/t16-/m1/s1. The molecule has 1 saturated heterocycles. The highest BCUT2D eigenvalue weighted by molar-refractivity contribution is 5.95. The predicted octanol–water partition coefficient (Wildman–Crippen LogP) is 3.28. The third-order valence-corrected chi connectivity index (χ3v) is 4.47. The van der Waals surface area contributed by atoms with E-state index in [1.807, 2.05) is 17.0 Å². The van der Waals surface area contributed by atoms with Gasteiger partial charge < -0.3 is 14.7 Å². The van der Waals surface area contributed by atoms with Crippen molar-refractivity contribution in [2.45, 2.75) is 44.6 Å². The number of ether oxygens (including phenoxy) is 1. The van der Waals surface area contributed by atoms with Crippen molar-refractivity contribution in [3.05, 3.63) is 42.0 Å². The summed E-state index contributed by atoms with van der Waals surface area (Å²) in [6.07, 6.45) is 5.89. The molecule has 0 saturated carbocycles. The first-order valence-electron chi connectivity index (χ1n) is 8.37. The van der Waals surface area contributed by atoms with Crippen LogP contribution in [-0.2, 0) is 11.2 Å². The molecule has 130 valence electrons. The summed E-state index contributed by atoms with van der Waals surface area (Å²) in [5.41, 5.74) is 1.55. The van der Waals surface area contributed by atoms with E-state index in [0.29, 0.717) is 24.9 Å². The van der Waals surface area contributed by atoms with Crippen LogP contribution in [0.25, 0.3) is 0 Å². The number of likely N-dealkylation sites (tertiary alicyclic amines) is 1. The Balaban J connectivity index is 2.20. The summed E-state index contributed by atoms with van der Waals surface area (Å²) in [6.45, 7) is 4.43. The smallest absolute Gasteiger partial charge is 0.303 e. The second-order valence-electron chi connectivity index (χ2n) is 6.10. The Bertz CT molecular complexity index is 611. The Morgan fingerprint density at radius 1 is 1.42 bits per heavy atom. The van der Waals surface area contributed by atoms with Crippen LogP contribution in [0, 0.1) is 0 Å². The van der Waals surface area contributed by atoms with Crippen molar-refractivity contribution in [1.29, 1.82) is 0 Å². The van der Waals surface area contributed by atoms with E-state index < -0.39 is 5.97 Å². The Kier molecular flexibility index (Phi) is 6.41. The number of piperidine rings is 1. The highest BCUT2D eigenvalue weighted by atomic mass is 16.5. The lowest BCUT2D eigenvalue weighted by atomic mass is 9.96. The third kappa shape index (κ3) is 4.37. The van der Waals surface area contributed by atoms with E-state index >= 15 is 0 Å². The summed E-state index contributed by atoms with van der Waals surface area (Å²) >= 11 is 0. The minimum atomic E-state index is -0.814. The minimum absolute atomic E-state index is 0.00676. The van der Waals surface area contributed by atoms with Gasteiger partial charge in [-0.1, -0.05) is 6.08 Å². The molecule has 1 aromatic carbocycles. The number of methoxy groups -OCH3 is 1. The first kappa shape index (κ1) is 18.0. The molecule has 1 amide bonds. The second-order valence-corrected chi connectivity index (χ2v) is 6.10. The fraction of sp³-hybridized carbons (Fsp3) is 0.474. The molecule has 0 aliphatic carbocycles. The summed E-state index contributed by atoms with van der Waals surface area (Å²) in [7, 11) is 1.61. The molecule has 0 radical (unpaired) electrons. The van der Waals surface area contributed by atoms with Crippen molar-refractivity contribution in [3.8, 4) is 5.75 Å². The molecule has 0 unspecified atom stereocenters. The van der Waals surface area contributed by atoms with E-state index in [0.717, 1.165) is 30.6 Å². The Labute approximate surface area is 142 Å². The Hall–Kier alpha value is -2.30. The van der Waals surface area contributed by atoms with Crippen LogP contribution in [0.15, 0.2) is 30.9 Å². The van der Waals surface area contributed by atoms with Crippen LogP contribution in [0.4, 0.5) is 0 Å². The van der Waals surface area contributed by atoms with Crippen LogP contribution in [0.5, 0.6) is 5.75 Å². The normalized spacial score (nSPS) is 17.4. The van der Waals surface area contributed by atoms with Crippen molar-refractivity contribution in [2.75, 3.05) is 13.7 Å². The van der Waals surface area contributed by atoms with Crippen LogP contribution in [0.3, 0.4) is 0 Å². The molecule has 5 nitrogen and oxygen atoms in total. The predicted molar refractivity (Wildman–Crippen MR) is 92.4 cm³/mol. The largest absolute Gasteiger partial charge is 0.496 e. The number of allylic oxidation sites excluding steroid dienone is 1. The number of carbonyl (C=O) groups is 2. The molecular formula is C19H25NO4. The molecule has 24 heavy (non-hydrogen) atoms. The molecule has 1 fully saturated rings. The molecule has 1 aromatic rings. The van der Waals surface area contributed by atoms with Gasteiger partial charge in [0.15, 0.2) is 0 Å². The lowest BCUT2D eigenvalue weighted by molar-refractivity contribution is -0.137. The molecule has 5 heteroatoms. The van der Waals surface area contributed by atoms with E-state index in [9.17, 15) is 9.59 Å². The zero-order valence-corrected chi connectivity index (χ0v) is 14.2.